The maximum absolute atomic E-state index is 13.6. The lowest BCUT2D eigenvalue weighted by Gasteiger charge is -2.45. The summed E-state index contributed by atoms with van der Waals surface area (Å²) in [6, 6.07) is 16.7. The first-order valence-electron chi connectivity index (χ1n) is 13.8. The van der Waals surface area contributed by atoms with E-state index in [1.807, 2.05) is 24.3 Å². The number of esters is 1. The van der Waals surface area contributed by atoms with Crippen molar-refractivity contribution in [3.05, 3.63) is 70.8 Å². The predicted octanol–water partition coefficient (Wildman–Crippen LogP) is 5.95. The van der Waals surface area contributed by atoms with Crippen LogP contribution in [-0.4, -0.2) is 35.8 Å². The zero-order valence-corrected chi connectivity index (χ0v) is 21.3. The van der Waals surface area contributed by atoms with Gasteiger partial charge in [0.1, 0.15) is 0 Å². The number of rotatable bonds is 12. The Morgan fingerprint density at radius 2 is 1.22 bits per heavy atom. The highest BCUT2D eigenvalue weighted by molar-refractivity contribution is 6.07. The van der Waals surface area contributed by atoms with Crippen LogP contribution in [-0.2, 0) is 19.1 Å². The van der Waals surface area contributed by atoms with E-state index < -0.39 is 0 Å². The lowest BCUT2D eigenvalue weighted by atomic mass is 9.55. The van der Waals surface area contributed by atoms with E-state index in [1.165, 1.54) is 46.4 Å². The van der Waals surface area contributed by atoms with Crippen molar-refractivity contribution in [2.75, 3.05) is 13.2 Å². The fourth-order valence-electron chi connectivity index (χ4n) is 6.64. The SMILES string of the molecule is CCCCCCCOC(=O)CCCCCN1C(=O)[C@@H]2C3c4ccccc4C(c4ccccc43)[C@@H]2C1=O. The molecule has 2 aromatic carbocycles. The fourth-order valence-corrected chi connectivity index (χ4v) is 6.64. The molecule has 1 aliphatic heterocycles. The number of carbonyl (C=O) groups excluding carboxylic acids is 3. The van der Waals surface area contributed by atoms with Crippen LogP contribution in [0.5, 0.6) is 0 Å². The predicted molar refractivity (Wildman–Crippen MR) is 138 cm³/mol. The lowest BCUT2D eigenvalue weighted by molar-refractivity contribution is -0.144. The minimum atomic E-state index is -0.306. The number of nitrogens with zero attached hydrogens (tertiary/aromatic N) is 1. The van der Waals surface area contributed by atoms with E-state index in [-0.39, 0.29) is 41.5 Å². The van der Waals surface area contributed by atoms with Crippen LogP contribution in [0.15, 0.2) is 48.5 Å². The van der Waals surface area contributed by atoms with Crippen molar-refractivity contribution in [3.63, 3.8) is 0 Å². The van der Waals surface area contributed by atoms with Crippen LogP contribution in [0.1, 0.15) is 98.8 Å². The quantitative estimate of drug-likeness (QED) is 0.211. The van der Waals surface area contributed by atoms with Gasteiger partial charge in [-0.3, -0.25) is 19.3 Å². The van der Waals surface area contributed by atoms with Gasteiger partial charge in [0.05, 0.1) is 18.4 Å². The molecule has 36 heavy (non-hydrogen) atoms. The summed E-state index contributed by atoms with van der Waals surface area (Å²) in [6.45, 7) is 3.13. The van der Waals surface area contributed by atoms with Gasteiger partial charge < -0.3 is 4.74 Å². The van der Waals surface area contributed by atoms with Gasteiger partial charge in [-0.15, -0.1) is 0 Å². The Balaban J connectivity index is 1.15. The molecule has 2 bridgehead atoms. The molecule has 2 aromatic rings. The highest BCUT2D eigenvalue weighted by Gasteiger charge is 2.61. The molecule has 1 fully saturated rings. The van der Waals surface area contributed by atoms with Gasteiger partial charge in [0.25, 0.3) is 0 Å². The number of imide groups is 1. The summed E-state index contributed by atoms with van der Waals surface area (Å²) >= 11 is 0. The monoisotopic (exact) mass is 487 g/mol. The average molecular weight is 488 g/mol. The van der Waals surface area contributed by atoms with Gasteiger partial charge in [0.15, 0.2) is 0 Å². The number of ether oxygens (including phenoxy) is 1. The third-order valence-corrected chi connectivity index (χ3v) is 8.31. The summed E-state index contributed by atoms with van der Waals surface area (Å²) in [5.41, 5.74) is 4.81. The zero-order chi connectivity index (χ0) is 25.1. The molecular weight excluding hydrogens is 450 g/mol. The molecule has 6 rings (SSSR count). The third-order valence-electron chi connectivity index (χ3n) is 8.31. The molecule has 0 spiro atoms. The van der Waals surface area contributed by atoms with Gasteiger partial charge in [0.2, 0.25) is 11.8 Å². The van der Waals surface area contributed by atoms with E-state index in [9.17, 15) is 14.4 Å². The maximum Gasteiger partial charge on any atom is 0.305 e. The molecule has 0 radical (unpaired) electrons. The second-order valence-electron chi connectivity index (χ2n) is 10.5. The topological polar surface area (TPSA) is 63.7 Å². The second kappa shape index (κ2) is 11.0. The summed E-state index contributed by atoms with van der Waals surface area (Å²) in [4.78, 5) is 40.6. The number of hydrogen-bond donors (Lipinski definition) is 0. The number of benzene rings is 2. The Morgan fingerprint density at radius 3 is 1.75 bits per heavy atom. The standard InChI is InChI=1S/C31H37NO4/c1-2-3-4-5-13-20-36-25(33)18-7-6-12-19-32-30(34)28-26-21-14-8-9-15-22(21)27(29(28)31(32)35)24-17-11-10-16-23(24)26/h8-11,14-17,26-29H,2-7,12-13,18-20H2,1H3/t26?,27?,28-,29+. The van der Waals surface area contributed by atoms with Crippen molar-refractivity contribution >= 4 is 17.8 Å². The Hall–Kier alpha value is -2.95. The Bertz CT molecular complexity index is 1010. The summed E-state index contributed by atoms with van der Waals surface area (Å²) in [5.74, 6) is -0.898. The third kappa shape index (κ3) is 4.49. The maximum atomic E-state index is 13.6. The van der Waals surface area contributed by atoms with Crippen molar-refractivity contribution in [1.29, 1.82) is 0 Å². The van der Waals surface area contributed by atoms with E-state index in [4.69, 9.17) is 4.74 Å². The largest absolute Gasteiger partial charge is 0.466 e. The molecule has 4 aliphatic rings. The summed E-state index contributed by atoms with van der Waals surface area (Å²) < 4.78 is 5.33. The van der Waals surface area contributed by atoms with Crippen LogP contribution in [0, 0.1) is 11.8 Å². The minimum absolute atomic E-state index is 0.0218. The molecule has 1 heterocycles. The van der Waals surface area contributed by atoms with Crippen molar-refractivity contribution in [2.45, 2.75) is 76.5 Å². The van der Waals surface area contributed by atoms with E-state index >= 15 is 0 Å². The Labute approximate surface area is 214 Å². The molecule has 190 valence electrons. The summed E-state index contributed by atoms with van der Waals surface area (Å²) in [5, 5.41) is 0. The highest BCUT2D eigenvalue weighted by atomic mass is 16.5. The second-order valence-corrected chi connectivity index (χ2v) is 10.5. The fraction of sp³-hybridized carbons (Fsp3) is 0.516. The number of carbonyl (C=O) groups is 3. The molecule has 5 heteroatoms. The highest BCUT2D eigenvalue weighted by Crippen LogP contribution is 2.60. The van der Waals surface area contributed by atoms with Crippen LogP contribution in [0.25, 0.3) is 0 Å². The van der Waals surface area contributed by atoms with Gasteiger partial charge in [0, 0.05) is 24.8 Å². The number of unbranched alkanes of at least 4 members (excludes halogenated alkanes) is 6. The Morgan fingerprint density at radius 1 is 0.722 bits per heavy atom. The van der Waals surface area contributed by atoms with Gasteiger partial charge in [-0.25, -0.2) is 0 Å². The van der Waals surface area contributed by atoms with E-state index in [1.54, 1.807) is 0 Å². The van der Waals surface area contributed by atoms with Gasteiger partial charge in [-0.05, 0) is 41.5 Å². The van der Waals surface area contributed by atoms with Crippen LogP contribution >= 0.6 is 0 Å². The zero-order valence-electron chi connectivity index (χ0n) is 21.3. The summed E-state index contributed by atoms with van der Waals surface area (Å²) in [7, 11) is 0. The van der Waals surface area contributed by atoms with Gasteiger partial charge in [-0.1, -0.05) is 87.6 Å². The molecule has 0 saturated carbocycles. The van der Waals surface area contributed by atoms with E-state index in [2.05, 4.69) is 31.2 Å². The van der Waals surface area contributed by atoms with Crippen LogP contribution in [0.4, 0.5) is 0 Å². The first-order chi connectivity index (χ1) is 17.6. The molecule has 1 saturated heterocycles. The van der Waals surface area contributed by atoms with Crippen LogP contribution in [0.2, 0.25) is 0 Å². The average Bonchev–Trinajstić information content (AvgIpc) is 3.16. The van der Waals surface area contributed by atoms with Crippen LogP contribution in [0.3, 0.4) is 0 Å². The molecule has 2 atom stereocenters. The molecule has 2 amide bonds. The number of likely N-dealkylation sites (tertiary alicyclic amines) is 1. The molecule has 0 unspecified atom stereocenters. The normalized spacial score (nSPS) is 23.4. The van der Waals surface area contributed by atoms with Gasteiger partial charge in [-0.2, -0.15) is 0 Å². The number of amides is 2. The molecule has 3 aliphatic carbocycles. The molecule has 5 nitrogen and oxygen atoms in total. The Kier molecular flexibility index (Phi) is 7.54. The first-order valence-corrected chi connectivity index (χ1v) is 13.8. The van der Waals surface area contributed by atoms with E-state index in [0.29, 0.717) is 19.6 Å². The van der Waals surface area contributed by atoms with E-state index in [0.717, 1.165) is 32.1 Å². The lowest BCUT2D eigenvalue weighted by Crippen LogP contribution is -2.41. The molecule has 0 N–H and O–H groups in total. The van der Waals surface area contributed by atoms with Crippen LogP contribution < -0.4 is 0 Å². The molecular formula is C31H37NO4. The number of hydrogen-bond acceptors (Lipinski definition) is 4. The van der Waals surface area contributed by atoms with Crippen molar-refractivity contribution in [3.8, 4) is 0 Å². The van der Waals surface area contributed by atoms with Gasteiger partial charge >= 0.3 is 5.97 Å². The molecule has 0 aromatic heterocycles. The van der Waals surface area contributed by atoms with Crippen molar-refractivity contribution in [2.24, 2.45) is 11.8 Å². The summed E-state index contributed by atoms with van der Waals surface area (Å²) in [6.07, 6.45) is 8.32. The first kappa shape index (κ1) is 24.7. The smallest absolute Gasteiger partial charge is 0.305 e. The van der Waals surface area contributed by atoms with Crippen molar-refractivity contribution < 1.29 is 19.1 Å². The minimum Gasteiger partial charge on any atom is -0.466 e. The van der Waals surface area contributed by atoms with Crippen molar-refractivity contribution in [1.82, 2.24) is 4.90 Å².